The maximum absolute atomic E-state index is 11.7. The van der Waals surface area contributed by atoms with Crippen molar-refractivity contribution < 1.29 is 4.79 Å². The van der Waals surface area contributed by atoms with Crippen LogP contribution in [0.4, 0.5) is 0 Å². The predicted molar refractivity (Wildman–Crippen MR) is 70.0 cm³/mol. The molecule has 0 N–H and O–H groups in total. The number of likely N-dealkylation sites (tertiary alicyclic amines) is 2. The Bertz CT molecular complexity index is 292. The molecular formula is C14H26N2O. The van der Waals surface area contributed by atoms with Crippen LogP contribution in [-0.2, 0) is 4.79 Å². The van der Waals surface area contributed by atoms with E-state index >= 15 is 0 Å². The van der Waals surface area contributed by atoms with Gasteiger partial charge in [0.25, 0.3) is 0 Å². The van der Waals surface area contributed by atoms with Gasteiger partial charge in [0.15, 0.2) is 0 Å². The average molecular weight is 238 g/mol. The molecule has 0 amide bonds. The molecule has 2 aliphatic rings. The summed E-state index contributed by atoms with van der Waals surface area (Å²) in [6.07, 6.45) is 2.01. The van der Waals surface area contributed by atoms with Crippen LogP contribution in [0.1, 0.15) is 33.6 Å². The highest BCUT2D eigenvalue weighted by Crippen LogP contribution is 2.29. The summed E-state index contributed by atoms with van der Waals surface area (Å²) in [5, 5.41) is 0. The molecular weight excluding hydrogens is 212 g/mol. The zero-order valence-corrected chi connectivity index (χ0v) is 11.6. The van der Waals surface area contributed by atoms with Crippen LogP contribution < -0.4 is 0 Å². The highest BCUT2D eigenvalue weighted by molar-refractivity contribution is 5.82. The largest absolute Gasteiger partial charge is 0.306 e. The number of nitrogens with zero attached hydrogens (tertiary/aromatic N) is 2. The van der Waals surface area contributed by atoms with Crippen molar-refractivity contribution in [1.29, 1.82) is 0 Å². The van der Waals surface area contributed by atoms with Crippen molar-refractivity contribution in [2.45, 2.75) is 45.7 Å². The molecule has 98 valence electrons. The van der Waals surface area contributed by atoms with E-state index < -0.39 is 0 Å². The van der Waals surface area contributed by atoms with Crippen molar-refractivity contribution in [1.82, 2.24) is 9.80 Å². The number of piperidine rings is 2. The van der Waals surface area contributed by atoms with Gasteiger partial charge in [0.2, 0.25) is 0 Å². The minimum atomic E-state index is 0.218. The third-order valence-corrected chi connectivity index (χ3v) is 4.86. The lowest BCUT2D eigenvalue weighted by molar-refractivity contribution is -0.129. The fraction of sp³-hybridized carbons (Fsp3) is 0.929. The van der Waals surface area contributed by atoms with Crippen molar-refractivity contribution in [2.75, 3.05) is 26.7 Å². The first-order valence-electron chi connectivity index (χ1n) is 6.97. The van der Waals surface area contributed by atoms with Gasteiger partial charge in [-0.1, -0.05) is 13.8 Å². The molecule has 0 radical (unpaired) electrons. The molecule has 0 aromatic carbocycles. The number of carbonyl (C=O) groups is 1. The van der Waals surface area contributed by atoms with Crippen LogP contribution in [0.5, 0.6) is 0 Å². The van der Waals surface area contributed by atoms with Gasteiger partial charge in [-0.05, 0) is 32.9 Å². The number of ketones is 1. The van der Waals surface area contributed by atoms with Gasteiger partial charge in [-0.15, -0.1) is 0 Å². The Kier molecular flexibility index (Phi) is 3.88. The molecule has 2 fully saturated rings. The van der Waals surface area contributed by atoms with Crippen LogP contribution in [0.25, 0.3) is 0 Å². The third-order valence-electron chi connectivity index (χ3n) is 4.86. The normalized spacial score (nSPS) is 41.8. The monoisotopic (exact) mass is 238 g/mol. The van der Waals surface area contributed by atoms with Crippen LogP contribution in [-0.4, -0.2) is 54.3 Å². The Morgan fingerprint density at radius 2 is 1.88 bits per heavy atom. The van der Waals surface area contributed by atoms with E-state index in [0.717, 1.165) is 18.9 Å². The van der Waals surface area contributed by atoms with E-state index in [2.05, 4.69) is 37.6 Å². The van der Waals surface area contributed by atoms with Crippen LogP contribution in [0, 0.1) is 11.8 Å². The molecule has 0 aromatic heterocycles. The highest BCUT2D eigenvalue weighted by Gasteiger charge is 2.38. The van der Waals surface area contributed by atoms with Gasteiger partial charge in [0.05, 0.1) is 0 Å². The van der Waals surface area contributed by atoms with Gasteiger partial charge in [-0.25, -0.2) is 0 Å². The van der Waals surface area contributed by atoms with E-state index in [9.17, 15) is 4.79 Å². The summed E-state index contributed by atoms with van der Waals surface area (Å²) >= 11 is 0. The minimum absolute atomic E-state index is 0.218. The SMILES string of the molecule is CC1CN(C)CCC1N1CCC(=O)C(C)C1C. The van der Waals surface area contributed by atoms with Gasteiger partial charge >= 0.3 is 0 Å². The van der Waals surface area contributed by atoms with Gasteiger partial charge in [-0.3, -0.25) is 9.69 Å². The predicted octanol–water partition coefficient (Wildman–Crippen LogP) is 1.63. The van der Waals surface area contributed by atoms with Gasteiger partial charge in [0.1, 0.15) is 5.78 Å². The first-order valence-corrected chi connectivity index (χ1v) is 6.97. The summed E-state index contributed by atoms with van der Waals surface area (Å²) in [7, 11) is 2.21. The summed E-state index contributed by atoms with van der Waals surface area (Å²) in [6.45, 7) is 10.0. The standard InChI is InChI=1S/C14H26N2O/c1-10-9-15(4)7-5-13(10)16-8-6-14(17)11(2)12(16)3/h10-13H,5-9H2,1-4H3. The molecule has 0 aromatic rings. The lowest BCUT2D eigenvalue weighted by atomic mass is 9.85. The molecule has 17 heavy (non-hydrogen) atoms. The number of Topliss-reactive ketones (excluding diaryl/α,β-unsaturated/α-hetero) is 1. The zero-order chi connectivity index (χ0) is 12.6. The van der Waals surface area contributed by atoms with E-state index in [1.54, 1.807) is 0 Å². The molecule has 2 saturated heterocycles. The summed E-state index contributed by atoms with van der Waals surface area (Å²) in [5.74, 6) is 1.39. The molecule has 3 nitrogen and oxygen atoms in total. The molecule has 0 spiro atoms. The maximum atomic E-state index is 11.7. The van der Waals surface area contributed by atoms with E-state index in [1.807, 2.05) is 0 Å². The van der Waals surface area contributed by atoms with Gasteiger partial charge in [-0.2, -0.15) is 0 Å². The topological polar surface area (TPSA) is 23.6 Å². The van der Waals surface area contributed by atoms with E-state index in [0.29, 0.717) is 17.9 Å². The Morgan fingerprint density at radius 1 is 1.18 bits per heavy atom. The first kappa shape index (κ1) is 13.0. The van der Waals surface area contributed by atoms with Crippen LogP contribution >= 0.6 is 0 Å². The quantitative estimate of drug-likeness (QED) is 0.693. The third kappa shape index (κ3) is 2.55. The van der Waals surface area contributed by atoms with Crippen LogP contribution in [0.15, 0.2) is 0 Å². The van der Waals surface area contributed by atoms with Crippen molar-refractivity contribution >= 4 is 5.78 Å². The Hall–Kier alpha value is -0.410. The van der Waals surface area contributed by atoms with Crippen LogP contribution in [0.2, 0.25) is 0 Å². The summed E-state index contributed by atoms with van der Waals surface area (Å²) in [5.41, 5.74) is 0. The lowest BCUT2D eigenvalue weighted by Crippen LogP contribution is -2.57. The van der Waals surface area contributed by atoms with Crippen molar-refractivity contribution in [3.8, 4) is 0 Å². The maximum Gasteiger partial charge on any atom is 0.138 e. The fourth-order valence-electron chi connectivity index (χ4n) is 3.53. The Morgan fingerprint density at radius 3 is 2.53 bits per heavy atom. The lowest BCUT2D eigenvalue weighted by Gasteiger charge is -2.47. The second-order valence-corrected chi connectivity index (χ2v) is 6.08. The minimum Gasteiger partial charge on any atom is -0.306 e. The first-order chi connectivity index (χ1) is 8.00. The number of carbonyl (C=O) groups excluding carboxylic acids is 1. The number of hydrogen-bond donors (Lipinski definition) is 0. The second kappa shape index (κ2) is 5.07. The molecule has 0 saturated carbocycles. The summed E-state index contributed by atoms with van der Waals surface area (Å²) < 4.78 is 0. The van der Waals surface area contributed by atoms with Gasteiger partial charge in [0, 0.05) is 37.5 Å². The summed E-state index contributed by atoms with van der Waals surface area (Å²) in [6, 6.07) is 1.10. The fourth-order valence-corrected chi connectivity index (χ4v) is 3.53. The smallest absolute Gasteiger partial charge is 0.138 e. The van der Waals surface area contributed by atoms with E-state index in [-0.39, 0.29) is 5.92 Å². The molecule has 2 aliphatic heterocycles. The Balaban J connectivity index is 2.04. The van der Waals surface area contributed by atoms with Crippen molar-refractivity contribution in [3.05, 3.63) is 0 Å². The average Bonchev–Trinajstić information content (AvgIpc) is 2.28. The van der Waals surface area contributed by atoms with E-state index in [1.165, 1.54) is 19.5 Å². The molecule has 0 bridgehead atoms. The molecule has 2 rings (SSSR count). The van der Waals surface area contributed by atoms with Gasteiger partial charge < -0.3 is 4.90 Å². The molecule has 4 unspecified atom stereocenters. The van der Waals surface area contributed by atoms with Crippen molar-refractivity contribution in [3.63, 3.8) is 0 Å². The number of hydrogen-bond acceptors (Lipinski definition) is 3. The van der Waals surface area contributed by atoms with Crippen LogP contribution in [0.3, 0.4) is 0 Å². The Labute approximate surface area is 105 Å². The zero-order valence-electron chi connectivity index (χ0n) is 11.6. The van der Waals surface area contributed by atoms with E-state index in [4.69, 9.17) is 0 Å². The number of rotatable bonds is 1. The molecule has 3 heteroatoms. The molecule has 2 heterocycles. The molecule has 0 aliphatic carbocycles. The highest BCUT2D eigenvalue weighted by atomic mass is 16.1. The second-order valence-electron chi connectivity index (χ2n) is 6.08. The molecule has 4 atom stereocenters. The summed E-state index contributed by atoms with van der Waals surface area (Å²) in [4.78, 5) is 16.8. The van der Waals surface area contributed by atoms with Crippen molar-refractivity contribution in [2.24, 2.45) is 11.8 Å².